The number of quaternary nitrogens is 2. The van der Waals surface area contributed by atoms with E-state index in [1.165, 1.54) is 94.7 Å². The van der Waals surface area contributed by atoms with E-state index in [0.29, 0.717) is 6.17 Å². The SMILES string of the molecule is CCCCCCCCCC[N+]1(CCCCl)CCCCC1[NH3+].[Br-].[Br-]. The van der Waals surface area contributed by atoms with E-state index in [-0.39, 0.29) is 34.0 Å². The second-order valence-electron chi connectivity index (χ2n) is 7.06. The standard InChI is InChI=1S/C18H38ClN2.2BrH/c1-2-3-4-5-6-7-8-10-15-21(17-12-14-19)16-11-9-13-18(21)20;;/h18H,2-17,20H2,1H3;2*1H/q+1;;/p-1. The van der Waals surface area contributed by atoms with Gasteiger partial charge in [0.15, 0.2) is 0 Å². The number of rotatable bonds is 12. The van der Waals surface area contributed by atoms with Crippen LogP contribution >= 0.6 is 11.6 Å². The van der Waals surface area contributed by atoms with E-state index in [1.807, 2.05) is 0 Å². The van der Waals surface area contributed by atoms with Crippen molar-refractivity contribution in [2.24, 2.45) is 0 Å². The summed E-state index contributed by atoms with van der Waals surface area (Å²) >= 11 is 5.94. The van der Waals surface area contributed by atoms with Crippen molar-refractivity contribution in [3.05, 3.63) is 0 Å². The van der Waals surface area contributed by atoms with Crippen LogP contribution in [0.15, 0.2) is 0 Å². The van der Waals surface area contributed by atoms with Crippen LogP contribution in [0.1, 0.15) is 84.0 Å². The number of likely N-dealkylation sites (tertiary alicyclic amines) is 1. The average molecular weight is 479 g/mol. The van der Waals surface area contributed by atoms with Crippen LogP contribution in [0, 0.1) is 0 Å². The molecule has 1 aliphatic heterocycles. The number of hydrogen-bond acceptors (Lipinski definition) is 0. The summed E-state index contributed by atoms with van der Waals surface area (Å²) < 4.78 is 1.27. The Hall–Kier alpha value is 1.17. The van der Waals surface area contributed by atoms with Crippen molar-refractivity contribution in [2.45, 2.75) is 90.1 Å². The van der Waals surface area contributed by atoms with Crippen LogP contribution in [0.25, 0.3) is 0 Å². The summed E-state index contributed by atoms with van der Waals surface area (Å²) in [5, 5.41) is 0. The summed E-state index contributed by atoms with van der Waals surface area (Å²) in [5.74, 6) is 0.810. The third-order valence-electron chi connectivity index (χ3n) is 5.36. The van der Waals surface area contributed by atoms with Crippen LogP contribution in [0.3, 0.4) is 0 Å². The van der Waals surface area contributed by atoms with Crippen molar-refractivity contribution < 1.29 is 44.2 Å². The zero-order chi connectivity index (χ0) is 15.4. The highest BCUT2D eigenvalue weighted by Crippen LogP contribution is 2.24. The van der Waals surface area contributed by atoms with Gasteiger partial charge in [0.2, 0.25) is 6.17 Å². The van der Waals surface area contributed by atoms with Gasteiger partial charge in [0, 0.05) is 12.3 Å². The Labute approximate surface area is 171 Å². The van der Waals surface area contributed by atoms with E-state index in [2.05, 4.69) is 12.7 Å². The maximum absolute atomic E-state index is 5.94. The Bertz CT molecular complexity index is 257. The number of nitrogens with zero attached hydrogens (tertiary/aromatic N) is 1. The minimum Gasteiger partial charge on any atom is -1.00 e. The maximum Gasteiger partial charge on any atom is 0.211 e. The molecule has 1 saturated heterocycles. The highest BCUT2D eigenvalue weighted by molar-refractivity contribution is 6.17. The van der Waals surface area contributed by atoms with Gasteiger partial charge in [-0.3, -0.25) is 4.48 Å². The molecule has 1 rings (SSSR count). The average Bonchev–Trinajstić information content (AvgIpc) is 2.50. The molecule has 2 atom stereocenters. The highest BCUT2D eigenvalue weighted by Gasteiger charge is 2.38. The number of hydrogen-bond donors (Lipinski definition) is 1. The lowest BCUT2D eigenvalue weighted by Crippen LogP contribution is -3.00. The summed E-state index contributed by atoms with van der Waals surface area (Å²) in [6.45, 7) is 6.24. The van der Waals surface area contributed by atoms with Gasteiger partial charge in [-0.15, -0.1) is 11.6 Å². The Morgan fingerprint density at radius 1 is 0.870 bits per heavy atom. The van der Waals surface area contributed by atoms with Crippen molar-refractivity contribution >= 4 is 11.6 Å². The molecular formula is C18H39Br2ClN2. The molecule has 2 nitrogen and oxygen atoms in total. The van der Waals surface area contributed by atoms with Crippen molar-refractivity contribution in [2.75, 3.05) is 25.5 Å². The van der Waals surface area contributed by atoms with Crippen LogP contribution in [-0.4, -0.2) is 36.2 Å². The lowest BCUT2D eigenvalue weighted by Gasteiger charge is -2.44. The molecule has 0 aliphatic carbocycles. The summed E-state index contributed by atoms with van der Waals surface area (Å²) in [5.41, 5.74) is 4.48. The second-order valence-corrected chi connectivity index (χ2v) is 7.43. The molecular weight excluding hydrogens is 439 g/mol. The Morgan fingerprint density at radius 2 is 1.43 bits per heavy atom. The number of alkyl halides is 1. The lowest BCUT2D eigenvalue weighted by molar-refractivity contribution is -1.02. The fraction of sp³-hybridized carbons (Fsp3) is 1.00. The number of piperidine rings is 1. The summed E-state index contributed by atoms with van der Waals surface area (Å²) in [6, 6.07) is 0. The third-order valence-corrected chi connectivity index (χ3v) is 5.63. The van der Waals surface area contributed by atoms with Gasteiger partial charge in [0.05, 0.1) is 26.1 Å². The lowest BCUT2D eigenvalue weighted by atomic mass is 10.0. The number of halogens is 3. The summed E-state index contributed by atoms with van der Waals surface area (Å²) in [7, 11) is 0. The van der Waals surface area contributed by atoms with Crippen molar-refractivity contribution in [3.63, 3.8) is 0 Å². The Morgan fingerprint density at radius 3 is 2.00 bits per heavy atom. The van der Waals surface area contributed by atoms with Gasteiger partial charge in [0.1, 0.15) is 0 Å². The van der Waals surface area contributed by atoms with E-state index in [9.17, 15) is 0 Å². The fourth-order valence-electron chi connectivity index (χ4n) is 3.90. The molecule has 0 amide bonds. The number of unbranched alkanes of at least 4 members (excludes halogenated alkanes) is 7. The van der Waals surface area contributed by atoms with E-state index in [4.69, 9.17) is 11.6 Å². The van der Waals surface area contributed by atoms with Crippen molar-refractivity contribution in [1.29, 1.82) is 0 Å². The zero-order valence-corrected chi connectivity index (χ0v) is 19.1. The largest absolute Gasteiger partial charge is 1.00 e. The van der Waals surface area contributed by atoms with E-state index in [1.54, 1.807) is 0 Å². The first-order valence-corrected chi connectivity index (χ1v) is 10.0. The summed E-state index contributed by atoms with van der Waals surface area (Å²) in [6.07, 6.45) is 17.2. The van der Waals surface area contributed by atoms with Gasteiger partial charge in [0.25, 0.3) is 0 Å². The van der Waals surface area contributed by atoms with Crippen LogP contribution in [0.2, 0.25) is 0 Å². The molecule has 1 fully saturated rings. The van der Waals surface area contributed by atoms with E-state index in [0.717, 1.165) is 12.3 Å². The van der Waals surface area contributed by atoms with Crippen LogP contribution in [-0.2, 0) is 0 Å². The molecule has 1 aliphatic rings. The normalized spacial score (nSPS) is 23.9. The minimum absolute atomic E-state index is 0. The van der Waals surface area contributed by atoms with Crippen LogP contribution < -0.4 is 39.7 Å². The van der Waals surface area contributed by atoms with Crippen molar-refractivity contribution in [1.82, 2.24) is 0 Å². The van der Waals surface area contributed by atoms with E-state index >= 15 is 0 Å². The fourth-order valence-corrected chi connectivity index (χ4v) is 4.02. The molecule has 0 bridgehead atoms. The molecule has 3 N–H and O–H groups in total. The molecule has 0 aromatic carbocycles. The molecule has 1 heterocycles. The van der Waals surface area contributed by atoms with Gasteiger partial charge in [-0.1, -0.05) is 45.4 Å². The van der Waals surface area contributed by atoms with Crippen molar-refractivity contribution in [3.8, 4) is 0 Å². The third kappa shape index (κ3) is 10.7. The summed E-state index contributed by atoms with van der Waals surface area (Å²) in [4.78, 5) is 0. The molecule has 2 unspecified atom stereocenters. The first-order valence-electron chi connectivity index (χ1n) is 9.50. The molecule has 0 aromatic heterocycles. The monoisotopic (exact) mass is 476 g/mol. The zero-order valence-electron chi connectivity index (χ0n) is 15.2. The maximum atomic E-state index is 5.94. The van der Waals surface area contributed by atoms with Gasteiger partial charge in [-0.2, -0.15) is 0 Å². The molecule has 0 radical (unpaired) electrons. The molecule has 0 spiro atoms. The first-order chi connectivity index (χ1) is 10.2. The topological polar surface area (TPSA) is 27.6 Å². The highest BCUT2D eigenvalue weighted by atomic mass is 79.9. The van der Waals surface area contributed by atoms with E-state index < -0.39 is 0 Å². The van der Waals surface area contributed by atoms with Crippen LogP contribution in [0.5, 0.6) is 0 Å². The minimum atomic E-state index is 0. The van der Waals surface area contributed by atoms with Gasteiger partial charge >= 0.3 is 0 Å². The van der Waals surface area contributed by atoms with Gasteiger partial charge in [-0.25, -0.2) is 0 Å². The Balaban J connectivity index is 0. The van der Waals surface area contributed by atoms with Gasteiger partial charge < -0.3 is 39.7 Å². The van der Waals surface area contributed by atoms with Gasteiger partial charge in [-0.05, 0) is 25.7 Å². The smallest absolute Gasteiger partial charge is 0.211 e. The molecule has 5 heteroatoms. The molecule has 23 heavy (non-hydrogen) atoms. The molecule has 0 saturated carbocycles. The first kappa shape index (κ1) is 26.4. The quantitative estimate of drug-likeness (QED) is 0.197. The predicted octanol–water partition coefficient (Wildman–Crippen LogP) is -1.67. The van der Waals surface area contributed by atoms with Crippen LogP contribution in [0.4, 0.5) is 0 Å². The molecule has 0 aromatic rings. The second kappa shape index (κ2) is 16.6. The molecule has 142 valence electrons. The predicted molar refractivity (Wildman–Crippen MR) is 93.3 cm³/mol. The Kier molecular flexibility index (Phi) is 19.1.